The summed E-state index contributed by atoms with van der Waals surface area (Å²) in [6.45, 7) is 0. The van der Waals surface area contributed by atoms with Crippen molar-refractivity contribution in [1.29, 1.82) is 0 Å². The van der Waals surface area contributed by atoms with Crippen LogP contribution in [0.25, 0.3) is 0 Å². The van der Waals surface area contributed by atoms with Gasteiger partial charge in [-0.25, -0.2) is 0 Å². The molecule has 9 rings (SSSR count). The minimum atomic E-state index is -4.31. The Morgan fingerprint density at radius 2 is 0.956 bits per heavy atom. The van der Waals surface area contributed by atoms with Gasteiger partial charge in [0, 0.05) is 43.1 Å². The van der Waals surface area contributed by atoms with Crippen LogP contribution in [0, 0.1) is 0 Å². The number of carbonyl (C=O) groups excluding carboxylic acids is 1. The van der Waals surface area contributed by atoms with Gasteiger partial charge in [0.1, 0.15) is 5.78 Å². The van der Waals surface area contributed by atoms with E-state index < -0.39 is 41.3 Å². The molecule has 6 aliphatic carbocycles. The molecule has 378 valence electrons. The van der Waals surface area contributed by atoms with E-state index in [2.05, 4.69) is 10.2 Å². The molecule has 7 nitrogen and oxygen atoms in total. The van der Waals surface area contributed by atoms with E-state index in [4.69, 9.17) is 5.73 Å². The van der Waals surface area contributed by atoms with Gasteiger partial charge in [0.2, 0.25) is 0 Å². The van der Waals surface area contributed by atoms with Gasteiger partial charge in [-0.3, -0.25) is 9.69 Å². The summed E-state index contributed by atoms with van der Waals surface area (Å²) in [7, 11) is 2.05. The van der Waals surface area contributed by atoms with Gasteiger partial charge in [-0.15, -0.1) is 0 Å². The van der Waals surface area contributed by atoms with Crippen molar-refractivity contribution < 1.29 is 59.6 Å². The molecule has 3 aromatic carbocycles. The Bertz CT molecular complexity index is 2050. The lowest BCUT2D eigenvalue weighted by atomic mass is 9.77. The van der Waals surface area contributed by atoms with E-state index in [1.54, 1.807) is 18.2 Å². The summed E-state index contributed by atoms with van der Waals surface area (Å²) in [6, 6.07) is 17.4. The number of carbonyl (C=O) groups is 1. The fourth-order valence-corrected chi connectivity index (χ4v) is 10.2. The first kappa shape index (κ1) is 53.8. The van der Waals surface area contributed by atoms with Crippen molar-refractivity contribution in [1.82, 2.24) is 10.2 Å². The SMILES string of the molecule is CN(C1CCC1)[C@H]1C[C@@H](c2cccc(C(F)(F)F)c2)CC[C@@H]1O.N[C@H]1C[C@@H](c2cccc(C(F)(F)F)c2)CC[C@@H]1O.O=C1CCC1.O[C@H]1CC[C@H](c2cccc(C(F)(F)F)c2)C[C@@H]1NC1CCC1. The van der Waals surface area contributed by atoms with Crippen LogP contribution >= 0.6 is 0 Å². The number of aliphatic hydroxyl groups is 3. The minimum absolute atomic E-state index is 0.00130. The second kappa shape index (κ2) is 23.6. The predicted octanol–water partition coefficient (Wildman–Crippen LogP) is 11.4. The van der Waals surface area contributed by atoms with Crippen LogP contribution in [-0.4, -0.2) is 81.6 Å². The predicted molar refractivity (Wildman–Crippen MR) is 243 cm³/mol. The Hall–Kier alpha value is -3.54. The van der Waals surface area contributed by atoms with Gasteiger partial charge >= 0.3 is 18.5 Å². The lowest BCUT2D eigenvalue weighted by Gasteiger charge is -2.45. The third-order valence-corrected chi connectivity index (χ3v) is 15.2. The molecule has 0 aromatic heterocycles. The van der Waals surface area contributed by atoms with Crippen LogP contribution in [0.2, 0.25) is 0 Å². The van der Waals surface area contributed by atoms with Gasteiger partial charge < -0.3 is 26.4 Å². The van der Waals surface area contributed by atoms with Crippen LogP contribution in [0.1, 0.15) is 167 Å². The molecule has 0 aliphatic heterocycles. The zero-order valence-electron chi connectivity index (χ0n) is 38.7. The highest BCUT2D eigenvalue weighted by atomic mass is 19.4. The Kier molecular flexibility index (Phi) is 18.7. The van der Waals surface area contributed by atoms with Crippen molar-refractivity contribution in [2.24, 2.45) is 5.73 Å². The summed E-state index contributed by atoms with van der Waals surface area (Å²) in [5, 5.41) is 33.5. The first-order chi connectivity index (χ1) is 32.1. The van der Waals surface area contributed by atoms with Crippen LogP contribution < -0.4 is 11.1 Å². The van der Waals surface area contributed by atoms with Crippen molar-refractivity contribution in [3.05, 3.63) is 106 Å². The highest BCUT2D eigenvalue weighted by molar-refractivity contribution is 5.83. The Morgan fingerprint density at radius 1 is 0.544 bits per heavy atom. The molecule has 6 fully saturated rings. The smallest absolute Gasteiger partial charge is 0.392 e. The largest absolute Gasteiger partial charge is 0.416 e. The number of ketones is 1. The highest BCUT2D eigenvalue weighted by Crippen LogP contribution is 2.41. The second-order valence-corrected chi connectivity index (χ2v) is 19.9. The van der Waals surface area contributed by atoms with Crippen molar-refractivity contribution in [3.63, 3.8) is 0 Å². The first-order valence-corrected chi connectivity index (χ1v) is 24.4. The van der Waals surface area contributed by atoms with E-state index in [0.29, 0.717) is 62.0 Å². The van der Waals surface area contributed by atoms with Crippen LogP contribution in [0.5, 0.6) is 0 Å². The number of alkyl halides is 9. The molecule has 0 radical (unpaired) electrons. The fraction of sp³-hybridized carbons (Fsp3) is 0.635. The van der Waals surface area contributed by atoms with E-state index >= 15 is 0 Å². The number of hydrogen-bond acceptors (Lipinski definition) is 7. The van der Waals surface area contributed by atoms with Crippen molar-refractivity contribution in [2.45, 2.75) is 200 Å². The third kappa shape index (κ3) is 15.0. The van der Waals surface area contributed by atoms with Crippen molar-refractivity contribution in [2.75, 3.05) is 7.05 Å². The van der Waals surface area contributed by atoms with Gasteiger partial charge in [0.05, 0.1) is 35.0 Å². The summed E-state index contributed by atoms with van der Waals surface area (Å²) in [4.78, 5) is 12.2. The standard InChI is InChI=1S/C18H24F3NO.C17H22F3NO.C13H16F3NO.C4H6O/c1-22(15-6-3-7-15)16-11-13(8-9-17(16)23)12-4-2-5-14(10-12)18(19,20)21;18-17(19,20)13-4-1-3-11(9-13)12-7-8-16(22)15(10-12)21-14-5-2-6-14;14-13(15,16)10-3-1-2-8(6-10)9-4-5-12(18)11(17)7-9;5-4-2-1-3-4/h2,4-5,10,13,15-17,23H,3,6-9,11H2,1H3;1,3-4,9,12,14-16,21-22H,2,5-8,10H2;1-3,6,9,11-12,18H,4-5,7,17H2;1-3H2/t13-,16-,17-;12-,15-,16-;9-,11-,12-;/m000./s1. The number of benzene rings is 3. The number of nitrogens with two attached hydrogens (primary N) is 1. The minimum Gasteiger partial charge on any atom is -0.392 e. The number of hydrogen-bond donors (Lipinski definition) is 5. The molecule has 3 aromatic rings. The molecular weight excluding hydrogens is 902 g/mol. The van der Waals surface area contributed by atoms with E-state index in [1.807, 2.05) is 7.05 Å². The van der Waals surface area contributed by atoms with Crippen LogP contribution in [0.4, 0.5) is 39.5 Å². The molecule has 0 spiro atoms. The molecule has 0 bridgehead atoms. The summed E-state index contributed by atoms with van der Waals surface area (Å²) in [6.07, 6.45) is 1.65. The maximum atomic E-state index is 12.9. The number of nitrogens with one attached hydrogen (secondary N) is 1. The topological polar surface area (TPSA) is 119 Å². The Labute approximate surface area is 394 Å². The van der Waals surface area contributed by atoms with Crippen molar-refractivity contribution in [3.8, 4) is 0 Å². The third-order valence-electron chi connectivity index (χ3n) is 15.2. The lowest BCUT2D eigenvalue weighted by Crippen LogP contribution is -2.51. The summed E-state index contributed by atoms with van der Waals surface area (Å²) in [5.41, 5.74) is 6.12. The number of halogens is 9. The number of likely N-dealkylation sites (N-methyl/N-ethyl adjacent to an activating group) is 1. The molecule has 6 aliphatic rings. The van der Waals surface area contributed by atoms with E-state index in [9.17, 15) is 59.6 Å². The van der Waals surface area contributed by atoms with Crippen LogP contribution in [0.3, 0.4) is 0 Å². The molecular formula is C52H68F9N3O4. The molecule has 6 saturated carbocycles. The van der Waals surface area contributed by atoms with Crippen LogP contribution in [0.15, 0.2) is 72.8 Å². The molecule has 9 atom stereocenters. The average Bonchev–Trinajstić information content (AvgIpc) is 3.25. The van der Waals surface area contributed by atoms with E-state index in [1.165, 1.54) is 49.2 Å². The summed E-state index contributed by atoms with van der Waals surface area (Å²) >= 11 is 0. The van der Waals surface area contributed by atoms with E-state index in [0.717, 1.165) is 93.5 Å². The molecule has 0 heterocycles. The van der Waals surface area contributed by atoms with Gasteiger partial charge in [-0.05, 0) is 150 Å². The molecule has 0 amide bonds. The summed E-state index contributed by atoms with van der Waals surface area (Å²) in [5.74, 6) is 0.618. The van der Waals surface area contributed by atoms with Crippen LogP contribution in [-0.2, 0) is 23.3 Å². The second-order valence-electron chi connectivity index (χ2n) is 19.9. The monoisotopic (exact) mass is 970 g/mol. The van der Waals surface area contributed by atoms with E-state index in [-0.39, 0.29) is 48.1 Å². The van der Waals surface area contributed by atoms with Gasteiger partial charge in [0.25, 0.3) is 0 Å². The molecule has 16 heteroatoms. The molecule has 0 unspecified atom stereocenters. The quantitative estimate of drug-likeness (QED) is 0.150. The number of nitrogens with zero attached hydrogens (tertiary/aromatic N) is 1. The number of Topliss-reactive ketones (excluding diaryl/α,β-unsaturated/α-hetero) is 1. The average molecular weight is 970 g/mol. The number of rotatable bonds is 7. The summed E-state index contributed by atoms with van der Waals surface area (Å²) < 4.78 is 115. The van der Waals surface area contributed by atoms with Crippen molar-refractivity contribution >= 4 is 5.78 Å². The van der Waals surface area contributed by atoms with Gasteiger partial charge in [-0.1, -0.05) is 67.4 Å². The fourth-order valence-electron chi connectivity index (χ4n) is 10.2. The number of aliphatic hydroxyl groups excluding tert-OH is 3. The zero-order valence-corrected chi connectivity index (χ0v) is 38.7. The molecule has 0 saturated heterocycles. The Morgan fingerprint density at radius 3 is 1.32 bits per heavy atom. The van der Waals surface area contributed by atoms with Gasteiger partial charge in [0.15, 0.2) is 0 Å². The normalized spacial score (nSPS) is 29.1. The first-order valence-electron chi connectivity index (χ1n) is 24.4. The Balaban J connectivity index is 0.000000160. The molecule has 68 heavy (non-hydrogen) atoms. The highest BCUT2D eigenvalue weighted by Gasteiger charge is 2.39. The van der Waals surface area contributed by atoms with Gasteiger partial charge in [-0.2, -0.15) is 39.5 Å². The lowest BCUT2D eigenvalue weighted by molar-refractivity contribution is -0.138. The zero-order chi connectivity index (χ0) is 49.4. The molecule has 6 N–H and O–H groups in total. The maximum Gasteiger partial charge on any atom is 0.416 e. The maximum absolute atomic E-state index is 12.9.